The van der Waals surface area contributed by atoms with Gasteiger partial charge in [0, 0.05) is 44.6 Å². The summed E-state index contributed by atoms with van der Waals surface area (Å²) in [6, 6.07) is 27.3. The average Bonchev–Trinajstić information content (AvgIpc) is 3.31. The molecule has 2 fully saturated rings. The third-order valence-electron chi connectivity index (χ3n) is 13.4. The SMILES string of the molecule is C=CCO[C@@]12Oc3ccc(Oc4ccc5ccccc5c4)cc3[C@H]3[C@H](CCCCO)[C@@H](CCCCO)C=C(C(=NOC4CCCCO4)C[C@@H]1N(C)C(=O)Cc1cccc(OC)c1)[C@H]32. The molecule has 4 aromatic carbocycles. The fourth-order valence-corrected chi connectivity index (χ4v) is 10.3. The van der Waals surface area contributed by atoms with E-state index < -0.39 is 24.0 Å². The predicted octanol–water partition coefficient (Wildman–Crippen LogP) is 9.50. The minimum absolute atomic E-state index is 0.0784. The molecule has 4 aromatic rings. The first-order valence-corrected chi connectivity index (χ1v) is 22.8. The van der Waals surface area contributed by atoms with Gasteiger partial charge < -0.3 is 43.6 Å². The molecule has 8 rings (SSSR count). The summed E-state index contributed by atoms with van der Waals surface area (Å²) < 4.78 is 32.6. The van der Waals surface area contributed by atoms with Crippen LogP contribution in [0.5, 0.6) is 23.0 Å². The molecule has 4 aliphatic rings. The number of aliphatic hydroxyl groups excluding tert-OH is 2. The summed E-state index contributed by atoms with van der Waals surface area (Å²) in [4.78, 5) is 22.7. The molecule has 2 aliphatic heterocycles. The number of hydrogen-bond acceptors (Lipinski definition) is 10. The lowest BCUT2D eigenvalue weighted by molar-refractivity contribution is -0.255. The third kappa shape index (κ3) is 9.67. The zero-order valence-electron chi connectivity index (χ0n) is 36.7. The topological polar surface area (TPSA) is 129 Å². The summed E-state index contributed by atoms with van der Waals surface area (Å²) in [5.41, 5.74) is 3.53. The van der Waals surface area contributed by atoms with Crippen molar-refractivity contribution in [2.24, 2.45) is 22.9 Å². The van der Waals surface area contributed by atoms with E-state index in [0.29, 0.717) is 43.1 Å². The van der Waals surface area contributed by atoms with E-state index in [1.54, 1.807) is 18.1 Å². The van der Waals surface area contributed by atoms with Gasteiger partial charge in [0.15, 0.2) is 0 Å². The van der Waals surface area contributed by atoms with Crippen LogP contribution >= 0.6 is 0 Å². The Balaban J connectivity index is 1.28. The molecule has 7 atom stereocenters. The van der Waals surface area contributed by atoms with Gasteiger partial charge in [-0.2, -0.15) is 0 Å². The van der Waals surface area contributed by atoms with Crippen molar-refractivity contribution in [2.75, 3.05) is 40.6 Å². The first-order valence-electron chi connectivity index (χ1n) is 22.8. The molecule has 0 radical (unpaired) electrons. The number of likely N-dealkylation sites (N-methyl/N-ethyl adjacent to an activating group) is 1. The molecule has 1 unspecified atom stereocenters. The molecule has 11 nitrogen and oxygen atoms in total. The highest BCUT2D eigenvalue weighted by molar-refractivity contribution is 6.03. The number of amides is 1. The zero-order valence-corrected chi connectivity index (χ0v) is 36.7. The second-order valence-electron chi connectivity index (χ2n) is 17.3. The maximum absolute atomic E-state index is 14.6. The van der Waals surface area contributed by atoms with Gasteiger partial charge in [0.1, 0.15) is 29.0 Å². The predicted molar refractivity (Wildman–Crippen MR) is 243 cm³/mol. The van der Waals surface area contributed by atoms with Crippen molar-refractivity contribution in [1.29, 1.82) is 0 Å². The standard InChI is InChI=1S/C52H62N2O9/c1-4-27-60-52-47(54(2)48(57)30-35-14-13-18-39(29-35)58-3)34-45(53-63-49-20-9-12-28-59-49)43-32-38(17-7-10-25-55)42(19-8-11-26-56)50(51(43)52)44-33-41(23-24-46(44)62-52)61-40-22-21-36-15-5-6-16-37(36)31-40/h4-6,13-16,18,21-24,29,31-33,38,42,47,49-51,55-56H,1,7-12,17,19-20,25-28,30,34H2,2-3H3/t38-,42+,47-,49?,50+,51+,52+/m0/s1. The van der Waals surface area contributed by atoms with Gasteiger partial charge >= 0.3 is 0 Å². The van der Waals surface area contributed by atoms with Crippen LogP contribution in [0.15, 0.2) is 114 Å². The van der Waals surface area contributed by atoms with Gasteiger partial charge in [0.25, 0.3) is 0 Å². The maximum Gasteiger partial charge on any atom is 0.239 e. The van der Waals surface area contributed by atoms with Gasteiger partial charge in [-0.15, -0.1) is 6.58 Å². The van der Waals surface area contributed by atoms with Crippen LogP contribution in [0.1, 0.15) is 81.3 Å². The molecule has 2 N–H and O–H groups in total. The molecule has 1 amide bonds. The lowest BCUT2D eigenvalue weighted by Gasteiger charge is -2.59. The van der Waals surface area contributed by atoms with Gasteiger partial charge in [0.2, 0.25) is 18.0 Å². The first-order chi connectivity index (χ1) is 30.8. The highest BCUT2D eigenvalue weighted by Gasteiger charge is 2.65. The molecular formula is C52H62N2O9. The molecule has 2 heterocycles. The number of carbonyl (C=O) groups is 1. The van der Waals surface area contributed by atoms with Gasteiger partial charge in [-0.1, -0.05) is 72.6 Å². The lowest BCUT2D eigenvalue weighted by Crippen LogP contribution is -2.69. The van der Waals surface area contributed by atoms with E-state index in [0.717, 1.165) is 83.9 Å². The van der Waals surface area contributed by atoms with Crippen molar-refractivity contribution in [2.45, 2.75) is 94.7 Å². The van der Waals surface area contributed by atoms with Crippen LogP contribution in [0, 0.1) is 17.8 Å². The molecule has 2 aliphatic carbocycles. The highest BCUT2D eigenvalue weighted by Crippen LogP contribution is 2.62. The smallest absolute Gasteiger partial charge is 0.239 e. The summed E-state index contributed by atoms with van der Waals surface area (Å²) in [7, 11) is 3.45. The molecule has 11 heteroatoms. The van der Waals surface area contributed by atoms with Crippen LogP contribution in [0.2, 0.25) is 0 Å². The molecule has 0 aromatic heterocycles. The van der Waals surface area contributed by atoms with Crippen molar-refractivity contribution >= 4 is 22.4 Å². The van der Waals surface area contributed by atoms with Gasteiger partial charge in [0.05, 0.1) is 38.4 Å². The van der Waals surface area contributed by atoms with E-state index in [1.807, 2.05) is 61.6 Å². The number of rotatable bonds is 19. The second kappa shape index (κ2) is 20.5. The van der Waals surface area contributed by atoms with Gasteiger partial charge in [-0.05, 0) is 115 Å². The maximum atomic E-state index is 14.6. The van der Waals surface area contributed by atoms with Gasteiger partial charge in [-0.25, -0.2) is 0 Å². The monoisotopic (exact) mass is 858 g/mol. The van der Waals surface area contributed by atoms with E-state index in [1.165, 1.54) is 0 Å². The Morgan fingerprint density at radius 3 is 2.49 bits per heavy atom. The molecule has 63 heavy (non-hydrogen) atoms. The summed E-state index contributed by atoms with van der Waals surface area (Å²) in [6.07, 6.45) is 11.5. The number of oxime groups is 1. The number of methoxy groups -OCH3 is 1. The van der Waals surface area contributed by atoms with Crippen LogP contribution in [0.3, 0.4) is 0 Å². The van der Waals surface area contributed by atoms with Crippen LogP contribution in [0.4, 0.5) is 0 Å². The Labute approximate surface area is 371 Å². The van der Waals surface area contributed by atoms with E-state index in [9.17, 15) is 15.0 Å². The van der Waals surface area contributed by atoms with E-state index >= 15 is 0 Å². The Hall–Kier alpha value is -5.20. The van der Waals surface area contributed by atoms with E-state index in [4.69, 9.17) is 33.7 Å². The minimum atomic E-state index is -1.36. The molecule has 1 saturated carbocycles. The normalized spacial score (nSPS) is 25.6. The molecule has 0 bridgehead atoms. The Morgan fingerprint density at radius 2 is 1.71 bits per heavy atom. The van der Waals surface area contributed by atoms with E-state index in [-0.39, 0.29) is 49.9 Å². The number of carbonyl (C=O) groups excluding carboxylic acids is 1. The summed E-state index contributed by atoms with van der Waals surface area (Å²) in [5.74, 6) is 0.841. The third-order valence-corrected chi connectivity index (χ3v) is 13.4. The molecule has 1 saturated heterocycles. The fraction of sp³-hybridized carbons (Fsp3) is 0.462. The van der Waals surface area contributed by atoms with Crippen molar-refractivity contribution in [3.63, 3.8) is 0 Å². The van der Waals surface area contributed by atoms with Crippen LogP contribution < -0.4 is 14.2 Å². The highest BCUT2D eigenvalue weighted by atomic mass is 16.8. The van der Waals surface area contributed by atoms with Crippen LogP contribution in [-0.2, 0) is 25.5 Å². The number of hydrogen-bond donors (Lipinski definition) is 2. The Bertz CT molecular complexity index is 2270. The zero-order chi connectivity index (χ0) is 43.8. The molecular weight excluding hydrogens is 797 g/mol. The van der Waals surface area contributed by atoms with Crippen molar-refractivity contribution in [3.05, 3.63) is 120 Å². The van der Waals surface area contributed by atoms with E-state index in [2.05, 4.69) is 43.0 Å². The number of unbranched alkanes of at least 4 members (excludes halogenated alkanes) is 2. The number of ether oxygens (including phenoxy) is 5. The van der Waals surface area contributed by atoms with Gasteiger partial charge in [-0.3, -0.25) is 4.79 Å². The largest absolute Gasteiger partial charge is 0.497 e. The Morgan fingerprint density at radius 1 is 0.921 bits per heavy atom. The summed E-state index contributed by atoms with van der Waals surface area (Å²) in [5, 5.41) is 27.1. The Kier molecular flexibility index (Phi) is 14.5. The number of nitrogens with zero attached hydrogens (tertiary/aromatic N) is 2. The lowest BCUT2D eigenvalue weighted by atomic mass is 9.55. The average molecular weight is 859 g/mol. The van der Waals surface area contributed by atoms with Crippen molar-refractivity contribution in [3.8, 4) is 23.0 Å². The fourth-order valence-electron chi connectivity index (χ4n) is 10.3. The number of benzene rings is 4. The first kappa shape index (κ1) is 44.4. The van der Waals surface area contributed by atoms with Crippen molar-refractivity contribution < 1.29 is 43.5 Å². The number of allylic oxidation sites excluding steroid dienone is 1. The van der Waals surface area contributed by atoms with Crippen LogP contribution in [0.25, 0.3) is 10.8 Å². The summed E-state index contributed by atoms with van der Waals surface area (Å²) >= 11 is 0. The number of aliphatic hydroxyl groups is 2. The van der Waals surface area contributed by atoms with Crippen LogP contribution in [-0.4, -0.2) is 85.4 Å². The minimum Gasteiger partial charge on any atom is -0.497 e. The number of fused-ring (bicyclic) bond motifs is 3. The molecule has 0 spiro atoms. The molecule has 334 valence electrons. The second-order valence-corrected chi connectivity index (χ2v) is 17.3. The quantitative estimate of drug-likeness (QED) is 0.0539. The van der Waals surface area contributed by atoms with Crippen molar-refractivity contribution in [1.82, 2.24) is 4.90 Å². The summed E-state index contributed by atoms with van der Waals surface area (Å²) in [6.45, 7) is 5.07.